The number of halogens is 2. The van der Waals surface area contributed by atoms with Crippen LogP contribution >= 0.6 is 0 Å². The summed E-state index contributed by atoms with van der Waals surface area (Å²) in [5, 5.41) is 0. The summed E-state index contributed by atoms with van der Waals surface area (Å²) in [5.41, 5.74) is 4.28. The molecule has 0 bridgehead atoms. The number of ether oxygens (including phenoxy) is 1. The molecule has 0 saturated carbocycles. The van der Waals surface area contributed by atoms with E-state index in [1.54, 1.807) is 0 Å². The van der Waals surface area contributed by atoms with Crippen molar-refractivity contribution in [3.63, 3.8) is 0 Å². The van der Waals surface area contributed by atoms with Crippen LogP contribution in [0.4, 0.5) is 8.78 Å². The molecule has 2 nitrogen and oxygen atoms in total. The minimum Gasteiger partial charge on any atom is -0.356 e. The molecule has 4 heteroatoms. The minimum atomic E-state index is -2.44. The Morgan fingerprint density at radius 1 is 1.56 bits per heavy atom. The average Bonchev–Trinajstić information content (AvgIpc) is 1.59. The van der Waals surface area contributed by atoms with Crippen LogP contribution in [0.5, 0.6) is 0 Å². The van der Waals surface area contributed by atoms with Crippen LogP contribution < -0.4 is 5.73 Å². The number of nitrogens with two attached hydrogens (primary N) is 1. The number of hydrogen-bond donors (Lipinski definition) is 1. The van der Waals surface area contributed by atoms with Crippen molar-refractivity contribution in [2.75, 3.05) is 6.61 Å². The van der Waals surface area contributed by atoms with Gasteiger partial charge in [-0.2, -0.15) is 0 Å². The van der Waals surface area contributed by atoms with Crippen LogP contribution in [0.3, 0.4) is 0 Å². The van der Waals surface area contributed by atoms with Gasteiger partial charge in [-0.25, -0.2) is 8.78 Å². The molecule has 9 heavy (non-hydrogen) atoms. The molecule has 2 N–H and O–H groups in total. The fraction of sp³-hybridized carbons (Fsp3) is 1.00. The first kappa shape index (κ1) is 8.78. The molecule has 0 unspecified atom stereocenters. The van der Waals surface area contributed by atoms with Gasteiger partial charge in [0.05, 0.1) is 0 Å². The monoisotopic (exact) mass is 139 g/mol. The Labute approximate surface area is 53.0 Å². The van der Waals surface area contributed by atoms with E-state index in [1.165, 1.54) is 13.8 Å². The van der Waals surface area contributed by atoms with Gasteiger partial charge in [0.25, 0.3) is 6.43 Å². The SMILES string of the molecule is CC(C)(N)OCC(F)F. The number of alkyl halides is 2. The van der Waals surface area contributed by atoms with Crippen molar-refractivity contribution >= 4 is 0 Å². The van der Waals surface area contributed by atoms with E-state index in [-0.39, 0.29) is 0 Å². The van der Waals surface area contributed by atoms with Gasteiger partial charge in [0, 0.05) is 0 Å². The molecule has 0 heterocycles. The summed E-state index contributed by atoms with van der Waals surface area (Å²) in [6, 6.07) is 0. The summed E-state index contributed by atoms with van der Waals surface area (Å²) in [5.74, 6) is 0. The van der Waals surface area contributed by atoms with Crippen LogP contribution in [0.15, 0.2) is 0 Å². The van der Waals surface area contributed by atoms with Gasteiger partial charge in [0.15, 0.2) is 0 Å². The van der Waals surface area contributed by atoms with E-state index in [0.717, 1.165) is 0 Å². The maximum absolute atomic E-state index is 11.4. The van der Waals surface area contributed by atoms with Crippen molar-refractivity contribution < 1.29 is 13.5 Å². The normalized spacial score (nSPS) is 12.7. The first-order chi connectivity index (χ1) is 3.92. The highest BCUT2D eigenvalue weighted by Crippen LogP contribution is 2.02. The van der Waals surface area contributed by atoms with Gasteiger partial charge in [0.1, 0.15) is 12.3 Å². The quantitative estimate of drug-likeness (QED) is 0.591. The molecule has 0 rings (SSSR count). The predicted octanol–water partition coefficient (Wildman–Crippen LogP) is 0.963. The van der Waals surface area contributed by atoms with Crippen molar-refractivity contribution in [2.24, 2.45) is 5.73 Å². The van der Waals surface area contributed by atoms with Crippen LogP contribution in [-0.4, -0.2) is 18.8 Å². The largest absolute Gasteiger partial charge is 0.356 e. The molecular weight excluding hydrogens is 128 g/mol. The Hall–Kier alpha value is -0.220. The van der Waals surface area contributed by atoms with Crippen molar-refractivity contribution in [1.29, 1.82) is 0 Å². The summed E-state index contributed by atoms with van der Waals surface area (Å²) >= 11 is 0. The summed E-state index contributed by atoms with van der Waals surface area (Å²) in [6.07, 6.45) is -2.44. The van der Waals surface area contributed by atoms with E-state index < -0.39 is 18.8 Å². The van der Waals surface area contributed by atoms with Crippen LogP contribution in [0.1, 0.15) is 13.8 Å². The maximum atomic E-state index is 11.4. The molecule has 0 atom stereocenters. The zero-order valence-corrected chi connectivity index (χ0v) is 5.53. The van der Waals surface area contributed by atoms with Gasteiger partial charge in [0.2, 0.25) is 0 Å². The molecule has 0 saturated heterocycles. The van der Waals surface area contributed by atoms with Crippen molar-refractivity contribution in [3.8, 4) is 0 Å². The van der Waals surface area contributed by atoms with E-state index in [4.69, 9.17) is 5.73 Å². The Bertz CT molecular complexity index is 79.5. The van der Waals surface area contributed by atoms with Crippen molar-refractivity contribution in [3.05, 3.63) is 0 Å². The topological polar surface area (TPSA) is 35.2 Å². The molecule has 0 aromatic heterocycles. The van der Waals surface area contributed by atoms with E-state index in [0.29, 0.717) is 0 Å². The van der Waals surface area contributed by atoms with Crippen LogP contribution in [0.2, 0.25) is 0 Å². The average molecular weight is 139 g/mol. The van der Waals surface area contributed by atoms with E-state index >= 15 is 0 Å². The van der Waals surface area contributed by atoms with Gasteiger partial charge >= 0.3 is 0 Å². The zero-order valence-electron chi connectivity index (χ0n) is 5.53. The third-order valence-electron chi connectivity index (χ3n) is 0.581. The first-order valence-corrected chi connectivity index (χ1v) is 2.63. The second-order valence-electron chi connectivity index (χ2n) is 2.31. The summed E-state index contributed by atoms with van der Waals surface area (Å²) in [4.78, 5) is 0. The highest BCUT2D eigenvalue weighted by molar-refractivity contribution is 4.55. The molecule has 0 aromatic rings. The Kier molecular flexibility index (Phi) is 3.00. The second-order valence-corrected chi connectivity index (χ2v) is 2.31. The molecule has 0 aromatic carbocycles. The van der Waals surface area contributed by atoms with E-state index in [1.807, 2.05) is 0 Å². The third kappa shape index (κ3) is 7.78. The number of hydrogen-bond acceptors (Lipinski definition) is 2. The lowest BCUT2D eigenvalue weighted by atomic mass is 10.3. The predicted molar refractivity (Wildman–Crippen MR) is 30.2 cm³/mol. The third-order valence-corrected chi connectivity index (χ3v) is 0.581. The Morgan fingerprint density at radius 3 is 2.11 bits per heavy atom. The molecule has 0 aliphatic carbocycles. The van der Waals surface area contributed by atoms with Gasteiger partial charge in [-0.05, 0) is 13.8 Å². The van der Waals surface area contributed by atoms with Gasteiger partial charge in [-0.3, -0.25) is 0 Å². The molecule has 56 valence electrons. The molecule has 0 aliphatic rings. The standard InChI is InChI=1S/C5H11F2NO/c1-5(2,8)9-3-4(6)7/h4H,3,8H2,1-2H3. The zero-order chi connectivity index (χ0) is 7.49. The van der Waals surface area contributed by atoms with Gasteiger partial charge in [-0.1, -0.05) is 0 Å². The first-order valence-electron chi connectivity index (χ1n) is 2.63. The molecule has 0 fully saturated rings. The van der Waals surface area contributed by atoms with E-state index in [2.05, 4.69) is 4.74 Å². The maximum Gasteiger partial charge on any atom is 0.261 e. The Morgan fingerprint density at radius 2 is 2.00 bits per heavy atom. The lowest BCUT2D eigenvalue weighted by Crippen LogP contribution is -2.36. The summed E-state index contributed by atoms with van der Waals surface area (Å²) in [7, 11) is 0. The van der Waals surface area contributed by atoms with Gasteiger partial charge < -0.3 is 10.5 Å². The fourth-order valence-electron chi connectivity index (χ4n) is 0.278. The Balaban J connectivity index is 3.28. The number of rotatable bonds is 3. The van der Waals surface area contributed by atoms with E-state index in [9.17, 15) is 8.78 Å². The van der Waals surface area contributed by atoms with Crippen LogP contribution in [0.25, 0.3) is 0 Å². The van der Waals surface area contributed by atoms with Crippen LogP contribution in [-0.2, 0) is 4.74 Å². The minimum absolute atomic E-state index is 0.594. The summed E-state index contributed by atoms with van der Waals surface area (Å²) < 4.78 is 27.3. The molecular formula is C5H11F2NO. The van der Waals surface area contributed by atoms with Crippen LogP contribution in [0, 0.1) is 0 Å². The fourth-order valence-corrected chi connectivity index (χ4v) is 0.278. The van der Waals surface area contributed by atoms with Gasteiger partial charge in [-0.15, -0.1) is 0 Å². The highest BCUT2D eigenvalue weighted by atomic mass is 19.3. The molecule has 0 amide bonds. The summed E-state index contributed by atoms with van der Waals surface area (Å²) in [6.45, 7) is 2.45. The lowest BCUT2D eigenvalue weighted by molar-refractivity contribution is -0.0665. The molecule has 0 spiro atoms. The van der Waals surface area contributed by atoms with Crippen molar-refractivity contribution in [1.82, 2.24) is 0 Å². The van der Waals surface area contributed by atoms with Crippen molar-refractivity contribution in [2.45, 2.75) is 26.0 Å². The molecule has 0 radical (unpaired) electrons. The lowest BCUT2D eigenvalue weighted by Gasteiger charge is -2.18. The second kappa shape index (κ2) is 3.08. The molecule has 0 aliphatic heterocycles. The smallest absolute Gasteiger partial charge is 0.261 e. The highest BCUT2D eigenvalue weighted by Gasteiger charge is 2.13.